The van der Waals surface area contributed by atoms with E-state index in [2.05, 4.69) is 4.99 Å². The number of nitrogens with zero attached hydrogens (tertiary/aromatic N) is 1. The van der Waals surface area contributed by atoms with Gasteiger partial charge in [0.2, 0.25) is 0 Å². The van der Waals surface area contributed by atoms with E-state index in [1.807, 2.05) is 0 Å². The number of carbonyl (C=O) groups is 2. The highest BCUT2D eigenvalue weighted by Crippen LogP contribution is 2.03. The van der Waals surface area contributed by atoms with Gasteiger partial charge in [0.15, 0.2) is 0 Å². The molecular weight excluding hydrogens is 215 g/mol. The number of cyclic esters (lactones) is 2. The van der Waals surface area contributed by atoms with E-state index in [9.17, 15) is 14.7 Å². The third-order valence-corrected chi connectivity index (χ3v) is 1.85. The quantitative estimate of drug-likeness (QED) is 0.221. The Morgan fingerprint density at radius 1 is 1.44 bits per heavy atom. The molecule has 0 aromatic rings. The van der Waals surface area contributed by atoms with Crippen molar-refractivity contribution < 1.29 is 24.2 Å². The lowest BCUT2D eigenvalue weighted by atomic mass is 10.1. The number of esters is 2. The predicted molar refractivity (Wildman–Crippen MR) is 51.5 cm³/mol. The minimum absolute atomic E-state index is 0.165. The standard InChI is InChI=1S/C8H11BN2O5/c9-8(14)11-4-2-15-6(12)1-5(10)7(13)16-3-4/h4-5H,1-3,10H2,(H,11,14)/p-1. The topological polar surface area (TPSA) is 114 Å². The van der Waals surface area contributed by atoms with E-state index >= 15 is 0 Å². The van der Waals surface area contributed by atoms with E-state index in [4.69, 9.17) is 23.1 Å². The van der Waals surface area contributed by atoms with Gasteiger partial charge < -0.3 is 25.3 Å². The van der Waals surface area contributed by atoms with Crippen molar-refractivity contribution in [3.05, 3.63) is 0 Å². The molecule has 0 amide bonds. The van der Waals surface area contributed by atoms with Crippen LogP contribution in [0.4, 0.5) is 0 Å². The summed E-state index contributed by atoms with van der Waals surface area (Å²) in [6.45, 7) is -0.357. The molecule has 1 heterocycles. The second-order valence-electron chi connectivity index (χ2n) is 3.24. The van der Waals surface area contributed by atoms with Gasteiger partial charge in [-0.1, -0.05) is 5.80 Å². The van der Waals surface area contributed by atoms with E-state index in [1.54, 1.807) is 0 Å². The van der Waals surface area contributed by atoms with Gasteiger partial charge in [0.1, 0.15) is 33.1 Å². The first-order chi connectivity index (χ1) is 7.49. The van der Waals surface area contributed by atoms with Crippen molar-refractivity contribution in [3.63, 3.8) is 0 Å². The summed E-state index contributed by atoms with van der Waals surface area (Å²) >= 11 is 0. The molecule has 0 aromatic carbocycles. The van der Waals surface area contributed by atoms with Crippen molar-refractivity contribution in [3.8, 4) is 0 Å². The maximum Gasteiger partial charge on any atom is 0.323 e. The first-order valence-corrected chi connectivity index (χ1v) is 4.57. The zero-order valence-electron chi connectivity index (χ0n) is 8.42. The lowest BCUT2D eigenvalue weighted by Crippen LogP contribution is -2.34. The highest BCUT2D eigenvalue weighted by Gasteiger charge is 2.24. The highest BCUT2D eigenvalue weighted by atomic mass is 16.6. The molecule has 1 aliphatic heterocycles. The van der Waals surface area contributed by atoms with E-state index in [0.717, 1.165) is 0 Å². The maximum absolute atomic E-state index is 11.2. The lowest BCUT2D eigenvalue weighted by molar-refractivity contribution is -0.208. The Kier molecular flexibility index (Phi) is 4.30. The summed E-state index contributed by atoms with van der Waals surface area (Å²) in [5.74, 6) is -2.29. The largest absolute Gasteiger partial charge is 0.870 e. The predicted octanol–water partition coefficient (Wildman–Crippen LogP) is -2.94. The monoisotopic (exact) mass is 225 g/mol. The van der Waals surface area contributed by atoms with Crippen LogP contribution < -0.4 is 10.8 Å². The van der Waals surface area contributed by atoms with Crippen molar-refractivity contribution >= 4 is 25.6 Å². The third kappa shape index (κ3) is 3.89. The Labute approximate surface area is 93.0 Å². The molecule has 8 heteroatoms. The van der Waals surface area contributed by atoms with Gasteiger partial charge >= 0.3 is 11.9 Å². The van der Waals surface area contributed by atoms with E-state index < -0.39 is 29.8 Å². The molecule has 1 fully saturated rings. The maximum atomic E-state index is 11.2. The first-order valence-electron chi connectivity index (χ1n) is 4.57. The molecule has 86 valence electrons. The Bertz CT molecular complexity index is 316. The van der Waals surface area contributed by atoms with Crippen LogP contribution in [0.5, 0.6) is 0 Å². The van der Waals surface area contributed by atoms with Crippen molar-refractivity contribution in [2.75, 3.05) is 13.2 Å². The van der Waals surface area contributed by atoms with Crippen LogP contribution in [0.3, 0.4) is 0 Å². The average Bonchev–Trinajstić information content (AvgIpc) is 2.24. The van der Waals surface area contributed by atoms with Crippen molar-refractivity contribution in [1.82, 2.24) is 0 Å². The van der Waals surface area contributed by atoms with Crippen LogP contribution >= 0.6 is 0 Å². The summed E-state index contributed by atoms with van der Waals surface area (Å²) in [6.07, 6.45) is -0.262. The molecule has 1 saturated heterocycles. The minimum atomic E-state index is -1.06. The Morgan fingerprint density at radius 3 is 2.69 bits per heavy atom. The van der Waals surface area contributed by atoms with Crippen molar-refractivity contribution in [1.29, 1.82) is 0 Å². The molecule has 2 unspecified atom stereocenters. The van der Waals surface area contributed by atoms with E-state index in [1.165, 1.54) is 0 Å². The number of ether oxygens (including phenoxy) is 2. The SMILES string of the molecule is [B]C([O-])=NC1COC(=O)CC(N)C(=O)OC1. The Hall–Kier alpha value is -1.57. The zero-order chi connectivity index (χ0) is 12.1. The van der Waals surface area contributed by atoms with Crippen LogP contribution in [0.25, 0.3) is 0 Å². The van der Waals surface area contributed by atoms with Gasteiger partial charge in [0.25, 0.3) is 0 Å². The molecule has 2 N–H and O–H groups in total. The number of carbonyl (C=O) groups excluding carboxylic acids is 2. The Morgan fingerprint density at radius 2 is 2.06 bits per heavy atom. The van der Waals surface area contributed by atoms with Crippen LogP contribution in [0.1, 0.15) is 6.42 Å². The van der Waals surface area contributed by atoms with E-state index in [-0.39, 0.29) is 19.6 Å². The van der Waals surface area contributed by atoms with Gasteiger partial charge in [-0.25, -0.2) is 0 Å². The molecule has 1 aliphatic rings. The molecule has 0 aromatic heterocycles. The van der Waals surface area contributed by atoms with Crippen LogP contribution in [-0.2, 0) is 19.1 Å². The number of rotatable bonds is 1. The van der Waals surface area contributed by atoms with Gasteiger partial charge in [0.05, 0.1) is 6.42 Å². The van der Waals surface area contributed by atoms with Gasteiger partial charge in [0, 0.05) is 0 Å². The summed E-state index contributed by atoms with van der Waals surface area (Å²) in [6, 6.07) is -1.84. The summed E-state index contributed by atoms with van der Waals surface area (Å²) in [7, 11) is 4.84. The summed E-state index contributed by atoms with van der Waals surface area (Å²) < 4.78 is 9.48. The minimum Gasteiger partial charge on any atom is -0.870 e. The number of hydrogen-bond donors (Lipinski definition) is 1. The van der Waals surface area contributed by atoms with Crippen molar-refractivity contribution in [2.24, 2.45) is 10.7 Å². The Balaban J connectivity index is 2.69. The van der Waals surface area contributed by atoms with Gasteiger partial charge in [-0.2, -0.15) is 0 Å². The van der Waals surface area contributed by atoms with Crippen LogP contribution in [0.15, 0.2) is 4.99 Å². The molecule has 16 heavy (non-hydrogen) atoms. The van der Waals surface area contributed by atoms with Gasteiger partial charge in [-0.3, -0.25) is 9.59 Å². The first kappa shape index (κ1) is 12.5. The summed E-state index contributed by atoms with van der Waals surface area (Å²) in [4.78, 5) is 25.7. The van der Waals surface area contributed by atoms with Gasteiger partial charge in [-0.05, 0) is 0 Å². The molecule has 1 rings (SSSR count). The van der Waals surface area contributed by atoms with Crippen LogP contribution in [0, 0.1) is 0 Å². The smallest absolute Gasteiger partial charge is 0.323 e. The molecule has 0 bridgehead atoms. The fourth-order valence-electron chi connectivity index (χ4n) is 1.10. The normalized spacial score (nSPS) is 28.4. The van der Waals surface area contributed by atoms with Crippen LogP contribution in [-0.4, -0.2) is 50.9 Å². The molecule has 2 atom stereocenters. The van der Waals surface area contributed by atoms with Crippen LogP contribution in [0.2, 0.25) is 0 Å². The molecule has 0 saturated carbocycles. The summed E-state index contributed by atoms with van der Waals surface area (Å²) in [5.41, 5.74) is 5.36. The van der Waals surface area contributed by atoms with Gasteiger partial charge in [-0.15, -0.1) is 0 Å². The second kappa shape index (κ2) is 5.50. The molecule has 2 radical (unpaired) electrons. The molecule has 7 nitrogen and oxygen atoms in total. The highest BCUT2D eigenvalue weighted by molar-refractivity contribution is 6.55. The summed E-state index contributed by atoms with van der Waals surface area (Å²) in [5, 5.41) is 10.5. The zero-order valence-corrected chi connectivity index (χ0v) is 8.42. The fourth-order valence-corrected chi connectivity index (χ4v) is 1.10. The number of hydrogen-bond acceptors (Lipinski definition) is 7. The average molecular weight is 225 g/mol. The second-order valence-corrected chi connectivity index (χ2v) is 3.24. The molecule has 0 spiro atoms. The number of nitrogens with two attached hydrogens (primary N) is 1. The lowest BCUT2D eigenvalue weighted by Gasteiger charge is -2.14. The third-order valence-electron chi connectivity index (χ3n) is 1.85. The van der Waals surface area contributed by atoms with E-state index in [0.29, 0.717) is 0 Å². The van der Waals surface area contributed by atoms with Crippen molar-refractivity contribution in [2.45, 2.75) is 18.5 Å². The molecule has 0 aliphatic carbocycles. The fraction of sp³-hybridized carbons (Fsp3) is 0.625. The number of aliphatic imine (C=N–C) groups is 1. The molecular formula is C8H10BN2O5-.